The van der Waals surface area contributed by atoms with Crippen LogP contribution in [0.3, 0.4) is 0 Å². The van der Waals surface area contributed by atoms with E-state index < -0.39 is 17.8 Å². The maximum atomic E-state index is 11.3. The van der Waals surface area contributed by atoms with Crippen LogP contribution in [0, 0.1) is 0 Å². The Morgan fingerprint density at radius 3 is 1.61 bits per heavy atom. The number of hydrogen-bond donors (Lipinski definition) is 3. The quantitative estimate of drug-likeness (QED) is 0.259. The number of quaternary nitrogens is 1. The third-order valence-corrected chi connectivity index (χ3v) is 4.34. The standard InChI is InChI=1S/C18H37NO4/c1-5-6-7-8-9-10-11-12-13-14-15-18(22,23)16(17(20)21)19(2,3)4/h16,22-23H,5-15H2,1-4H3/p+1. The van der Waals surface area contributed by atoms with Crippen LogP contribution in [0.2, 0.25) is 0 Å². The van der Waals surface area contributed by atoms with E-state index in [1.807, 2.05) is 0 Å². The molecule has 0 saturated heterocycles. The van der Waals surface area contributed by atoms with E-state index in [2.05, 4.69) is 6.92 Å². The summed E-state index contributed by atoms with van der Waals surface area (Å²) in [5, 5.41) is 29.6. The van der Waals surface area contributed by atoms with E-state index >= 15 is 0 Å². The number of unbranched alkanes of at least 4 members (excludes halogenated alkanes) is 9. The van der Waals surface area contributed by atoms with Crippen molar-refractivity contribution in [2.75, 3.05) is 21.1 Å². The Hall–Kier alpha value is -0.650. The Morgan fingerprint density at radius 2 is 1.26 bits per heavy atom. The van der Waals surface area contributed by atoms with Crippen molar-refractivity contribution >= 4 is 5.97 Å². The highest BCUT2D eigenvalue weighted by Gasteiger charge is 2.48. The fourth-order valence-corrected chi connectivity index (χ4v) is 3.16. The van der Waals surface area contributed by atoms with Crippen molar-refractivity contribution in [2.45, 2.75) is 89.4 Å². The van der Waals surface area contributed by atoms with Crippen LogP contribution in [-0.2, 0) is 4.79 Å². The molecule has 0 spiro atoms. The fourth-order valence-electron chi connectivity index (χ4n) is 3.16. The number of aliphatic hydroxyl groups is 2. The average molecular weight is 333 g/mol. The van der Waals surface area contributed by atoms with E-state index in [-0.39, 0.29) is 10.9 Å². The van der Waals surface area contributed by atoms with E-state index in [4.69, 9.17) is 0 Å². The molecule has 1 unspecified atom stereocenters. The zero-order valence-electron chi connectivity index (χ0n) is 15.6. The molecule has 0 heterocycles. The number of carboxylic acids is 1. The predicted octanol–water partition coefficient (Wildman–Crippen LogP) is 3.14. The molecule has 1 atom stereocenters. The van der Waals surface area contributed by atoms with E-state index in [0.717, 1.165) is 12.8 Å². The highest BCUT2D eigenvalue weighted by molar-refractivity contribution is 5.73. The molecule has 0 radical (unpaired) electrons. The Kier molecular flexibility index (Phi) is 10.7. The van der Waals surface area contributed by atoms with Crippen molar-refractivity contribution < 1.29 is 24.6 Å². The van der Waals surface area contributed by atoms with Crippen molar-refractivity contribution in [3.8, 4) is 0 Å². The molecule has 5 nitrogen and oxygen atoms in total. The van der Waals surface area contributed by atoms with Gasteiger partial charge in [-0.2, -0.15) is 0 Å². The molecule has 23 heavy (non-hydrogen) atoms. The summed E-state index contributed by atoms with van der Waals surface area (Å²) >= 11 is 0. The first-order valence-corrected chi connectivity index (χ1v) is 9.11. The maximum absolute atomic E-state index is 11.3. The van der Waals surface area contributed by atoms with E-state index in [9.17, 15) is 20.1 Å². The lowest BCUT2D eigenvalue weighted by atomic mass is 9.97. The van der Waals surface area contributed by atoms with Gasteiger partial charge in [0.15, 0.2) is 0 Å². The highest BCUT2D eigenvalue weighted by atomic mass is 16.5. The number of hydrogen-bond acceptors (Lipinski definition) is 3. The summed E-state index contributed by atoms with van der Waals surface area (Å²) in [6.45, 7) is 2.22. The van der Waals surface area contributed by atoms with Crippen LogP contribution in [0.5, 0.6) is 0 Å². The lowest BCUT2D eigenvalue weighted by molar-refractivity contribution is -0.899. The molecule has 0 aromatic carbocycles. The third-order valence-electron chi connectivity index (χ3n) is 4.34. The number of nitrogens with zero attached hydrogens (tertiary/aromatic N) is 1. The topological polar surface area (TPSA) is 77.8 Å². The predicted molar refractivity (Wildman–Crippen MR) is 93.1 cm³/mol. The first kappa shape index (κ1) is 22.4. The fraction of sp³-hybridized carbons (Fsp3) is 0.944. The number of aliphatic carboxylic acids is 1. The van der Waals surface area contributed by atoms with Crippen molar-refractivity contribution in [3.63, 3.8) is 0 Å². The van der Waals surface area contributed by atoms with Gasteiger partial charge in [0.1, 0.15) is 0 Å². The second kappa shape index (κ2) is 11.0. The van der Waals surface area contributed by atoms with Crippen molar-refractivity contribution in [3.05, 3.63) is 0 Å². The molecule has 138 valence electrons. The first-order valence-electron chi connectivity index (χ1n) is 9.11. The van der Waals surface area contributed by atoms with Gasteiger partial charge in [0.05, 0.1) is 21.1 Å². The second-order valence-corrected chi connectivity index (χ2v) is 7.67. The average Bonchev–Trinajstić information content (AvgIpc) is 2.38. The minimum atomic E-state index is -2.16. The smallest absolute Gasteiger partial charge is 0.368 e. The molecule has 0 fully saturated rings. The maximum Gasteiger partial charge on any atom is 0.368 e. The second-order valence-electron chi connectivity index (χ2n) is 7.67. The molecule has 0 aliphatic carbocycles. The van der Waals surface area contributed by atoms with Gasteiger partial charge >= 0.3 is 5.97 Å². The molecule has 0 rings (SSSR count). The minimum absolute atomic E-state index is 0.0138. The lowest BCUT2D eigenvalue weighted by Crippen LogP contribution is -2.62. The van der Waals surface area contributed by atoms with E-state index in [0.29, 0.717) is 6.42 Å². The van der Waals surface area contributed by atoms with E-state index in [1.54, 1.807) is 21.1 Å². The van der Waals surface area contributed by atoms with Crippen LogP contribution in [0.1, 0.15) is 77.6 Å². The SMILES string of the molecule is CCCCCCCCCCCCC(O)(O)C(C(=O)O)[N+](C)(C)C. The van der Waals surface area contributed by atoms with Crippen molar-refractivity contribution in [1.29, 1.82) is 0 Å². The number of carboxylic acid groups (broad SMARTS) is 1. The van der Waals surface area contributed by atoms with Crippen molar-refractivity contribution in [2.24, 2.45) is 0 Å². The van der Waals surface area contributed by atoms with Crippen LogP contribution >= 0.6 is 0 Å². The summed E-state index contributed by atoms with van der Waals surface area (Å²) in [5.41, 5.74) is 0. The number of carbonyl (C=O) groups is 1. The summed E-state index contributed by atoms with van der Waals surface area (Å²) in [5.74, 6) is -3.33. The van der Waals surface area contributed by atoms with Crippen LogP contribution < -0.4 is 0 Å². The molecule has 0 amide bonds. The van der Waals surface area contributed by atoms with Crippen LogP contribution in [0.4, 0.5) is 0 Å². The van der Waals surface area contributed by atoms with Gasteiger partial charge in [-0.3, -0.25) is 0 Å². The van der Waals surface area contributed by atoms with Gasteiger partial charge in [-0.15, -0.1) is 0 Å². The van der Waals surface area contributed by atoms with Gasteiger partial charge < -0.3 is 19.8 Å². The monoisotopic (exact) mass is 332 g/mol. The van der Waals surface area contributed by atoms with Gasteiger partial charge in [0.25, 0.3) is 0 Å². The molecule has 0 aliphatic heterocycles. The molecule has 0 aromatic heterocycles. The molecule has 0 saturated carbocycles. The Morgan fingerprint density at radius 1 is 0.870 bits per heavy atom. The zero-order chi connectivity index (χ0) is 17.9. The molecule has 0 bridgehead atoms. The van der Waals surface area contributed by atoms with Gasteiger partial charge in [-0.25, -0.2) is 4.79 Å². The highest BCUT2D eigenvalue weighted by Crippen LogP contribution is 2.23. The number of rotatable bonds is 14. The van der Waals surface area contributed by atoms with Crippen LogP contribution in [-0.4, -0.2) is 58.7 Å². The summed E-state index contributed by atoms with van der Waals surface area (Å²) in [6, 6.07) is -1.24. The van der Waals surface area contributed by atoms with Gasteiger partial charge in [-0.1, -0.05) is 64.7 Å². The Balaban J connectivity index is 3.91. The lowest BCUT2D eigenvalue weighted by Gasteiger charge is -2.38. The van der Waals surface area contributed by atoms with Crippen LogP contribution in [0.25, 0.3) is 0 Å². The molecule has 3 N–H and O–H groups in total. The number of likely N-dealkylation sites (N-methyl/N-ethyl adjacent to an activating group) is 1. The Labute approximate surface area is 141 Å². The summed E-state index contributed by atoms with van der Waals surface area (Å²) < 4.78 is -0.0138. The van der Waals surface area contributed by atoms with Gasteiger partial charge in [0, 0.05) is 6.42 Å². The molecule has 0 aromatic rings. The van der Waals surface area contributed by atoms with E-state index in [1.165, 1.54) is 44.9 Å². The normalized spacial score (nSPS) is 14.0. The van der Waals surface area contributed by atoms with Gasteiger partial charge in [0.2, 0.25) is 11.8 Å². The van der Waals surface area contributed by atoms with Crippen LogP contribution in [0.15, 0.2) is 0 Å². The minimum Gasteiger partial charge on any atom is -0.477 e. The Bertz CT molecular complexity index is 323. The summed E-state index contributed by atoms with van der Waals surface area (Å²) in [4.78, 5) is 11.3. The third kappa shape index (κ3) is 9.95. The molecule has 5 heteroatoms. The molecular weight excluding hydrogens is 294 g/mol. The summed E-state index contributed by atoms with van der Waals surface area (Å²) in [6.07, 6.45) is 11.7. The first-order chi connectivity index (χ1) is 10.6. The zero-order valence-corrected chi connectivity index (χ0v) is 15.6. The van der Waals surface area contributed by atoms with Gasteiger partial charge in [-0.05, 0) is 6.42 Å². The molecular formula is C18H38NO4+. The largest absolute Gasteiger partial charge is 0.477 e. The summed E-state index contributed by atoms with van der Waals surface area (Å²) in [7, 11) is 5.00. The van der Waals surface area contributed by atoms with Crippen molar-refractivity contribution in [1.82, 2.24) is 0 Å². The molecule has 0 aliphatic rings.